The number of hydrogen-bond donors (Lipinski definition) is 5. The number of ether oxygens (including phenoxy) is 4. The minimum atomic E-state index is -1.50. The fourth-order valence-corrected chi connectivity index (χ4v) is 2.20. The Morgan fingerprint density at radius 3 is 2.05 bits per heavy atom. The molecule has 8 atom stereocenters. The Hall–Kier alpha value is -0.360. The molecule has 2 rings (SSSR count). The molecule has 0 aromatic rings. The van der Waals surface area contributed by atoms with Gasteiger partial charge in [-0.15, -0.1) is 0 Å². The fraction of sp³-hybridized carbons (Fsp3) is 1.00. The number of aliphatic hydroxyl groups is 5. The predicted molar refractivity (Wildman–Crippen MR) is 61.4 cm³/mol. The van der Waals surface area contributed by atoms with E-state index in [-0.39, 0.29) is 13.2 Å². The summed E-state index contributed by atoms with van der Waals surface area (Å²) in [5.41, 5.74) is 0. The van der Waals surface area contributed by atoms with Gasteiger partial charge in [-0.2, -0.15) is 0 Å². The lowest BCUT2D eigenvalue weighted by molar-refractivity contribution is -0.331. The summed E-state index contributed by atoms with van der Waals surface area (Å²) in [5.74, 6) is 0. The summed E-state index contributed by atoms with van der Waals surface area (Å²) >= 11 is 0. The summed E-state index contributed by atoms with van der Waals surface area (Å²) < 4.78 is 20.3. The van der Waals surface area contributed by atoms with Crippen LogP contribution in [-0.2, 0) is 18.9 Å². The molecule has 0 radical (unpaired) electrons. The highest BCUT2D eigenvalue weighted by molar-refractivity contribution is 4.88. The zero-order valence-electron chi connectivity index (χ0n) is 10.9. The third-order valence-electron chi connectivity index (χ3n) is 3.40. The van der Waals surface area contributed by atoms with Gasteiger partial charge in [-0.25, -0.2) is 0 Å². The first-order valence-electron chi connectivity index (χ1n) is 6.27. The van der Waals surface area contributed by atoms with Crippen molar-refractivity contribution in [2.75, 3.05) is 20.3 Å². The van der Waals surface area contributed by atoms with Gasteiger partial charge in [-0.3, -0.25) is 0 Å². The molecular formula is C11H20O9. The van der Waals surface area contributed by atoms with Gasteiger partial charge in [-0.05, 0) is 0 Å². The molecule has 5 N–H and O–H groups in total. The second-order valence-electron chi connectivity index (χ2n) is 4.85. The van der Waals surface area contributed by atoms with Gasteiger partial charge in [0.15, 0.2) is 12.6 Å². The number of hydrogen-bond acceptors (Lipinski definition) is 9. The van der Waals surface area contributed by atoms with E-state index in [0.717, 1.165) is 0 Å². The molecule has 0 saturated carbocycles. The van der Waals surface area contributed by atoms with Crippen molar-refractivity contribution >= 4 is 0 Å². The van der Waals surface area contributed by atoms with Crippen molar-refractivity contribution in [1.82, 2.24) is 0 Å². The highest BCUT2D eigenvalue weighted by Gasteiger charge is 2.45. The Bertz CT molecular complexity index is 314. The van der Waals surface area contributed by atoms with Crippen LogP contribution in [0.25, 0.3) is 0 Å². The van der Waals surface area contributed by atoms with E-state index in [2.05, 4.69) is 0 Å². The molecule has 2 heterocycles. The minimum absolute atomic E-state index is 0.117. The number of rotatable bonds is 3. The molecule has 9 nitrogen and oxygen atoms in total. The number of aliphatic hydroxyl groups excluding tert-OH is 5. The molecule has 2 saturated heterocycles. The van der Waals surface area contributed by atoms with Crippen molar-refractivity contribution in [2.45, 2.75) is 49.2 Å². The van der Waals surface area contributed by atoms with Crippen molar-refractivity contribution in [3.63, 3.8) is 0 Å². The van der Waals surface area contributed by atoms with Crippen LogP contribution in [0.3, 0.4) is 0 Å². The molecule has 20 heavy (non-hydrogen) atoms. The first-order chi connectivity index (χ1) is 9.45. The van der Waals surface area contributed by atoms with Crippen LogP contribution in [0.2, 0.25) is 0 Å². The molecule has 0 amide bonds. The maximum absolute atomic E-state index is 9.95. The lowest BCUT2D eigenvalue weighted by Crippen LogP contribution is -2.60. The van der Waals surface area contributed by atoms with Crippen molar-refractivity contribution < 1.29 is 44.5 Å². The molecule has 118 valence electrons. The van der Waals surface area contributed by atoms with Crippen molar-refractivity contribution in [1.29, 1.82) is 0 Å². The van der Waals surface area contributed by atoms with Gasteiger partial charge in [0.05, 0.1) is 13.2 Å². The van der Waals surface area contributed by atoms with Crippen LogP contribution in [0.4, 0.5) is 0 Å². The standard InChI is InChI=1S/C11H20O9/c1-17-10-8(16)9(5(13)3-18-10)20-11-7(15)6(14)4(12)2-19-11/h4-16H,2-3H2,1H3/t4-,5-,6+,7-,8-,9+,10-,11+/m1/s1. The summed E-state index contributed by atoms with van der Waals surface area (Å²) in [5, 5.41) is 48.3. The number of methoxy groups -OCH3 is 1. The maximum atomic E-state index is 9.95. The van der Waals surface area contributed by atoms with Crippen LogP contribution in [0.15, 0.2) is 0 Å². The molecule has 2 aliphatic heterocycles. The molecule has 0 unspecified atom stereocenters. The normalized spacial score (nSPS) is 50.1. The Morgan fingerprint density at radius 2 is 1.40 bits per heavy atom. The maximum Gasteiger partial charge on any atom is 0.186 e. The van der Waals surface area contributed by atoms with Crippen LogP contribution in [0.1, 0.15) is 0 Å². The molecule has 9 heteroatoms. The van der Waals surface area contributed by atoms with E-state index in [0.29, 0.717) is 0 Å². The molecular weight excluding hydrogens is 276 g/mol. The first-order valence-corrected chi connectivity index (χ1v) is 6.27. The van der Waals surface area contributed by atoms with Crippen LogP contribution < -0.4 is 0 Å². The van der Waals surface area contributed by atoms with E-state index < -0.39 is 49.2 Å². The largest absolute Gasteiger partial charge is 0.388 e. The van der Waals surface area contributed by atoms with E-state index in [4.69, 9.17) is 18.9 Å². The third kappa shape index (κ3) is 3.11. The summed E-state index contributed by atoms with van der Waals surface area (Å²) in [6.07, 6.45) is -9.95. The molecule has 0 bridgehead atoms. The molecule has 0 spiro atoms. The van der Waals surface area contributed by atoms with Gasteiger partial charge < -0.3 is 44.5 Å². The molecule has 0 aromatic carbocycles. The van der Waals surface area contributed by atoms with Crippen LogP contribution in [-0.4, -0.2) is 95.1 Å². The van der Waals surface area contributed by atoms with E-state index in [1.54, 1.807) is 0 Å². The van der Waals surface area contributed by atoms with Gasteiger partial charge in [0.25, 0.3) is 0 Å². The van der Waals surface area contributed by atoms with Crippen LogP contribution in [0.5, 0.6) is 0 Å². The second kappa shape index (κ2) is 6.60. The topological polar surface area (TPSA) is 138 Å². The van der Waals surface area contributed by atoms with E-state index in [9.17, 15) is 25.5 Å². The van der Waals surface area contributed by atoms with Crippen molar-refractivity contribution in [3.8, 4) is 0 Å². The summed E-state index contributed by atoms with van der Waals surface area (Å²) in [6.45, 7) is -0.347. The second-order valence-corrected chi connectivity index (χ2v) is 4.85. The summed E-state index contributed by atoms with van der Waals surface area (Å²) in [4.78, 5) is 0. The van der Waals surface area contributed by atoms with Gasteiger partial charge in [0, 0.05) is 7.11 Å². The average molecular weight is 296 g/mol. The predicted octanol–water partition coefficient (Wildman–Crippen LogP) is -3.46. The lowest BCUT2D eigenvalue weighted by atomic mass is 10.0. The average Bonchev–Trinajstić information content (AvgIpc) is 2.43. The quantitative estimate of drug-likeness (QED) is 0.359. The van der Waals surface area contributed by atoms with E-state index >= 15 is 0 Å². The molecule has 2 fully saturated rings. The summed E-state index contributed by atoms with van der Waals surface area (Å²) in [7, 11) is 1.33. The van der Waals surface area contributed by atoms with E-state index in [1.807, 2.05) is 0 Å². The van der Waals surface area contributed by atoms with Gasteiger partial charge in [-0.1, -0.05) is 0 Å². The fourth-order valence-electron chi connectivity index (χ4n) is 2.20. The lowest BCUT2D eigenvalue weighted by Gasteiger charge is -2.41. The Balaban J connectivity index is 2.00. The van der Waals surface area contributed by atoms with Crippen molar-refractivity contribution in [2.24, 2.45) is 0 Å². The SMILES string of the molecule is CO[C@@H]1OC[C@@H](O)[C@H](O[C@@H]2OC[C@@H](O)[C@H](O)[C@H]2O)[C@H]1O. The highest BCUT2D eigenvalue weighted by atomic mass is 16.7. The van der Waals surface area contributed by atoms with Gasteiger partial charge in [0.1, 0.15) is 36.6 Å². The van der Waals surface area contributed by atoms with E-state index in [1.165, 1.54) is 7.11 Å². The summed E-state index contributed by atoms with van der Waals surface area (Å²) in [6, 6.07) is 0. The van der Waals surface area contributed by atoms with Crippen LogP contribution >= 0.6 is 0 Å². The highest BCUT2D eigenvalue weighted by Crippen LogP contribution is 2.24. The zero-order chi connectivity index (χ0) is 14.9. The minimum Gasteiger partial charge on any atom is -0.388 e. The molecule has 0 aromatic heterocycles. The Kier molecular flexibility index (Phi) is 5.29. The first kappa shape index (κ1) is 16.0. The third-order valence-corrected chi connectivity index (χ3v) is 3.40. The zero-order valence-corrected chi connectivity index (χ0v) is 10.9. The van der Waals surface area contributed by atoms with Crippen LogP contribution in [0, 0.1) is 0 Å². The Morgan fingerprint density at radius 1 is 0.800 bits per heavy atom. The smallest absolute Gasteiger partial charge is 0.186 e. The van der Waals surface area contributed by atoms with Crippen molar-refractivity contribution in [3.05, 3.63) is 0 Å². The molecule has 0 aliphatic carbocycles. The van der Waals surface area contributed by atoms with Gasteiger partial charge >= 0.3 is 0 Å². The monoisotopic (exact) mass is 296 g/mol. The molecule has 2 aliphatic rings. The Labute approximate surface area is 115 Å². The van der Waals surface area contributed by atoms with Gasteiger partial charge in [0.2, 0.25) is 0 Å².